The molecule has 5 heteroatoms. The fraction of sp³-hybridized carbons (Fsp3) is 0.353. The summed E-state index contributed by atoms with van der Waals surface area (Å²) in [7, 11) is 0. The first-order chi connectivity index (χ1) is 10.1. The van der Waals surface area contributed by atoms with E-state index in [1.807, 2.05) is 24.3 Å². The molecule has 22 heavy (non-hydrogen) atoms. The molecule has 0 atom stereocenters. The summed E-state index contributed by atoms with van der Waals surface area (Å²) in [5, 5.41) is 5.72. The van der Waals surface area contributed by atoms with Gasteiger partial charge in [0.05, 0.1) is 0 Å². The molecular weight excluding hydrogens is 300 g/mol. The number of ether oxygens (including phenoxy) is 1. The Labute approximate surface area is 137 Å². The van der Waals surface area contributed by atoms with Gasteiger partial charge in [0.1, 0.15) is 5.75 Å². The Morgan fingerprint density at radius 3 is 2.64 bits per heavy atom. The first-order valence-electron chi connectivity index (χ1n) is 7.20. The van der Waals surface area contributed by atoms with Crippen LogP contribution in [0.5, 0.6) is 5.75 Å². The molecule has 0 aliphatic heterocycles. The van der Waals surface area contributed by atoms with E-state index in [0.29, 0.717) is 18.2 Å². The maximum atomic E-state index is 10.9. The van der Waals surface area contributed by atoms with E-state index in [4.69, 9.17) is 10.5 Å². The molecule has 2 rings (SSSR count). The molecule has 1 amide bonds. The molecule has 0 heterocycles. The number of carbonyl (C=O) groups is 1. The molecule has 4 nitrogen and oxygen atoms in total. The highest BCUT2D eigenvalue weighted by Crippen LogP contribution is 2.28. The number of hydrogen-bond donors (Lipinski definition) is 2. The Kier molecular flexibility index (Phi) is 7.15. The second-order valence-corrected chi connectivity index (χ2v) is 5.54. The van der Waals surface area contributed by atoms with Crippen LogP contribution in [0.25, 0.3) is 10.8 Å². The third kappa shape index (κ3) is 4.90. The highest BCUT2D eigenvalue weighted by Gasteiger charge is 2.10. The maximum Gasteiger partial charge on any atom is 0.255 e. The van der Waals surface area contributed by atoms with Crippen molar-refractivity contribution >= 4 is 29.1 Å². The van der Waals surface area contributed by atoms with E-state index in [-0.39, 0.29) is 19.0 Å². The third-order valence-electron chi connectivity index (χ3n) is 3.22. The van der Waals surface area contributed by atoms with Gasteiger partial charge in [0.25, 0.3) is 5.91 Å². The average Bonchev–Trinajstić information content (AvgIpc) is 2.45. The van der Waals surface area contributed by atoms with Crippen LogP contribution < -0.4 is 15.8 Å². The lowest BCUT2D eigenvalue weighted by Gasteiger charge is -2.15. The number of rotatable bonds is 7. The van der Waals surface area contributed by atoms with Gasteiger partial charge in [0.15, 0.2) is 6.61 Å². The van der Waals surface area contributed by atoms with Gasteiger partial charge in [-0.05, 0) is 29.3 Å². The van der Waals surface area contributed by atoms with E-state index in [9.17, 15) is 4.79 Å². The fourth-order valence-corrected chi connectivity index (χ4v) is 2.27. The second-order valence-electron chi connectivity index (χ2n) is 5.54. The zero-order valence-corrected chi connectivity index (χ0v) is 13.8. The van der Waals surface area contributed by atoms with Crippen molar-refractivity contribution in [2.75, 3.05) is 13.2 Å². The van der Waals surface area contributed by atoms with Crippen LogP contribution in [-0.2, 0) is 11.3 Å². The quantitative estimate of drug-likeness (QED) is 0.824. The Bertz CT molecular complexity index is 629. The number of hydrogen-bond acceptors (Lipinski definition) is 3. The van der Waals surface area contributed by atoms with Gasteiger partial charge in [-0.2, -0.15) is 0 Å². The van der Waals surface area contributed by atoms with Gasteiger partial charge in [-0.25, -0.2) is 0 Å². The molecule has 120 valence electrons. The van der Waals surface area contributed by atoms with Crippen molar-refractivity contribution in [3.05, 3.63) is 42.0 Å². The van der Waals surface area contributed by atoms with Gasteiger partial charge in [-0.15, -0.1) is 12.4 Å². The Morgan fingerprint density at radius 1 is 1.23 bits per heavy atom. The number of amides is 1. The van der Waals surface area contributed by atoms with Gasteiger partial charge >= 0.3 is 0 Å². The van der Waals surface area contributed by atoms with E-state index in [1.54, 1.807) is 0 Å². The van der Waals surface area contributed by atoms with E-state index in [2.05, 4.69) is 31.3 Å². The van der Waals surface area contributed by atoms with Crippen molar-refractivity contribution < 1.29 is 9.53 Å². The predicted molar refractivity (Wildman–Crippen MR) is 92.4 cm³/mol. The number of carbonyl (C=O) groups excluding carboxylic acids is 1. The van der Waals surface area contributed by atoms with Gasteiger partial charge in [-0.1, -0.05) is 44.2 Å². The van der Waals surface area contributed by atoms with Crippen LogP contribution in [0.2, 0.25) is 0 Å². The molecule has 0 fully saturated rings. The highest BCUT2D eigenvalue weighted by atomic mass is 35.5. The minimum atomic E-state index is -0.468. The number of nitrogens with two attached hydrogens (primary N) is 1. The Morgan fingerprint density at radius 2 is 1.95 bits per heavy atom. The standard InChI is InChI=1S/C17H22N2O2.ClH/c1-12(2)9-19-10-15-14-6-4-3-5-13(14)7-8-16(15)21-11-17(18)20;/h3-8,12,19H,9-11H2,1-2H3,(H2,18,20);1H. The SMILES string of the molecule is CC(C)CNCc1c(OCC(N)=O)ccc2ccccc12.Cl. The summed E-state index contributed by atoms with van der Waals surface area (Å²) < 4.78 is 5.55. The lowest BCUT2D eigenvalue weighted by Crippen LogP contribution is -2.22. The van der Waals surface area contributed by atoms with Gasteiger partial charge in [0.2, 0.25) is 0 Å². The lowest BCUT2D eigenvalue weighted by molar-refractivity contribution is -0.119. The highest BCUT2D eigenvalue weighted by molar-refractivity contribution is 5.88. The molecule has 3 N–H and O–H groups in total. The molecule has 0 radical (unpaired) electrons. The van der Waals surface area contributed by atoms with Crippen LogP contribution in [0.15, 0.2) is 36.4 Å². The minimum Gasteiger partial charge on any atom is -0.483 e. The van der Waals surface area contributed by atoms with Crippen molar-refractivity contribution in [1.82, 2.24) is 5.32 Å². The summed E-state index contributed by atoms with van der Waals surface area (Å²) in [6.07, 6.45) is 0. The van der Waals surface area contributed by atoms with Crippen molar-refractivity contribution in [3.63, 3.8) is 0 Å². The van der Waals surface area contributed by atoms with E-state index in [1.165, 1.54) is 0 Å². The van der Waals surface area contributed by atoms with Crippen LogP contribution >= 0.6 is 12.4 Å². The molecule has 0 aliphatic rings. The number of primary amides is 1. The molecule has 0 aromatic heterocycles. The molecular formula is C17H23ClN2O2. The number of benzene rings is 2. The van der Waals surface area contributed by atoms with Crippen LogP contribution in [0.1, 0.15) is 19.4 Å². The van der Waals surface area contributed by atoms with Crippen molar-refractivity contribution in [1.29, 1.82) is 0 Å². The topological polar surface area (TPSA) is 64.3 Å². The van der Waals surface area contributed by atoms with Gasteiger partial charge < -0.3 is 15.8 Å². The van der Waals surface area contributed by atoms with Crippen LogP contribution in [0, 0.1) is 5.92 Å². The summed E-state index contributed by atoms with van der Waals surface area (Å²) >= 11 is 0. The predicted octanol–water partition coefficient (Wildman–Crippen LogP) is 2.87. The molecule has 0 spiro atoms. The van der Waals surface area contributed by atoms with Gasteiger partial charge in [0, 0.05) is 12.1 Å². The summed E-state index contributed by atoms with van der Waals surface area (Å²) in [5.74, 6) is 0.822. The summed E-state index contributed by atoms with van der Waals surface area (Å²) in [6.45, 7) is 5.86. The largest absolute Gasteiger partial charge is 0.483 e. The lowest BCUT2D eigenvalue weighted by atomic mass is 10.0. The van der Waals surface area contributed by atoms with Crippen molar-refractivity contribution in [3.8, 4) is 5.75 Å². The smallest absolute Gasteiger partial charge is 0.255 e. The van der Waals surface area contributed by atoms with Crippen molar-refractivity contribution in [2.24, 2.45) is 11.7 Å². The fourth-order valence-electron chi connectivity index (χ4n) is 2.27. The van der Waals surface area contributed by atoms with Gasteiger partial charge in [-0.3, -0.25) is 4.79 Å². The first kappa shape index (κ1) is 18.3. The molecule has 0 saturated heterocycles. The Balaban J connectivity index is 0.00000242. The van der Waals surface area contributed by atoms with Crippen molar-refractivity contribution in [2.45, 2.75) is 20.4 Å². The molecule has 2 aromatic carbocycles. The van der Waals surface area contributed by atoms with E-state index < -0.39 is 5.91 Å². The molecule has 0 aliphatic carbocycles. The summed E-state index contributed by atoms with van der Waals surface area (Å²) in [4.78, 5) is 10.9. The Hall–Kier alpha value is -1.78. The number of nitrogens with one attached hydrogen (secondary N) is 1. The molecule has 0 saturated carbocycles. The first-order valence-corrected chi connectivity index (χ1v) is 7.20. The number of fused-ring (bicyclic) bond motifs is 1. The third-order valence-corrected chi connectivity index (χ3v) is 3.22. The molecule has 2 aromatic rings. The normalized spacial score (nSPS) is 10.5. The minimum absolute atomic E-state index is 0. The maximum absolute atomic E-state index is 10.9. The average molecular weight is 323 g/mol. The zero-order chi connectivity index (χ0) is 15.2. The number of halogens is 1. The van der Waals surface area contributed by atoms with Crippen LogP contribution in [0.4, 0.5) is 0 Å². The molecule has 0 unspecified atom stereocenters. The van der Waals surface area contributed by atoms with E-state index >= 15 is 0 Å². The second kappa shape index (κ2) is 8.61. The monoisotopic (exact) mass is 322 g/mol. The summed E-state index contributed by atoms with van der Waals surface area (Å²) in [6, 6.07) is 12.1. The zero-order valence-electron chi connectivity index (χ0n) is 13.0. The molecule has 0 bridgehead atoms. The van der Waals surface area contributed by atoms with Crippen LogP contribution in [-0.4, -0.2) is 19.1 Å². The van der Waals surface area contributed by atoms with Crippen LogP contribution in [0.3, 0.4) is 0 Å². The summed E-state index contributed by atoms with van der Waals surface area (Å²) in [5.41, 5.74) is 6.23. The van der Waals surface area contributed by atoms with E-state index in [0.717, 1.165) is 22.9 Å².